The normalized spacial score (nSPS) is 13.4. The fourth-order valence-electron chi connectivity index (χ4n) is 3.35. The number of hydrogen-bond donors (Lipinski definition) is 3. The smallest absolute Gasteiger partial charge is 0.171 e. The Labute approximate surface area is 198 Å². The molecule has 0 fully saturated rings. The predicted molar refractivity (Wildman–Crippen MR) is 136 cm³/mol. The van der Waals surface area contributed by atoms with Gasteiger partial charge in [0.2, 0.25) is 0 Å². The maximum absolute atomic E-state index is 10.9. The molecule has 2 rings (SSSR count). The number of benzene rings is 2. The number of halogens is 1. The Morgan fingerprint density at radius 1 is 1.19 bits per heavy atom. The van der Waals surface area contributed by atoms with Crippen LogP contribution < -0.4 is 4.74 Å². The minimum absolute atomic E-state index is 0.128. The van der Waals surface area contributed by atoms with Crippen LogP contribution in [0.3, 0.4) is 0 Å². The van der Waals surface area contributed by atoms with Gasteiger partial charge in [0.05, 0.1) is 23.4 Å². The van der Waals surface area contributed by atoms with Gasteiger partial charge < -0.3 is 20.1 Å². The van der Waals surface area contributed by atoms with Gasteiger partial charge in [0, 0.05) is 0 Å². The predicted octanol–water partition coefficient (Wildman–Crippen LogP) is 5.82. The minimum Gasteiger partial charge on any atom is -0.504 e. The maximum atomic E-state index is 10.9. The summed E-state index contributed by atoms with van der Waals surface area (Å²) in [6.07, 6.45) is 4.10. The van der Waals surface area contributed by atoms with Gasteiger partial charge in [0.25, 0.3) is 0 Å². The van der Waals surface area contributed by atoms with Crippen molar-refractivity contribution in [1.29, 1.82) is 0 Å². The summed E-state index contributed by atoms with van der Waals surface area (Å²) in [7, 11) is 1.53. The first kappa shape index (κ1) is 25.2. The molecule has 0 aliphatic rings. The molecule has 5 heteroatoms. The largest absolute Gasteiger partial charge is 0.504 e. The third-order valence-corrected chi connectivity index (χ3v) is 6.00. The molecule has 0 bridgehead atoms. The number of ether oxygens (including phenoxy) is 1. The lowest BCUT2D eigenvalue weighted by Crippen LogP contribution is -2.15. The highest BCUT2D eigenvalue weighted by Gasteiger charge is 2.17. The number of methoxy groups -OCH3 is 1. The number of aliphatic hydroxyl groups is 2. The molecule has 166 valence electrons. The van der Waals surface area contributed by atoms with E-state index < -0.39 is 6.10 Å². The molecule has 1 atom stereocenters. The Morgan fingerprint density at radius 2 is 1.87 bits per heavy atom. The van der Waals surface area contributed by atoms with Crippen molar-refractivity contribution in [1.82, 2.24) is 0 Å². The van der Waals surface area contributed by atoms with Crippen molar-refractivity contribution in [2.45, 2.75) is 32.8 Å². The minimum atomic E-state index is -0.719. The molecular formula is C26H31IO4. The maximum Gasteiger partial charge on any atom is 0.171 e. The van der Waals surface area contributed by atoms with Crippen molar-refractivity contribution < 1.29 is 20.1 Å². The van der Waals surface area contributed by atoms with E-state index in [1.165, 1.54) is 7.11 Å². The van der Waals surface area contributed by atoms with Crippen molar-refractivity contribution in [3.05, 3.63) is 81.0 Å². The van der Waals surface area contributed by atoms with Gasteiger partial charge in [-0.2, -0.15) is 0 Å². The molecule has 3 N–H and O–H groups in total. The number of phenolic OH excluding ortho intramolecular Hbond substituents is 1. The zero-order valence-corrected chi connectivity index (χ0v) is 20.5. The number of hydrogen-bond acceptors (Lipinski definition) is 4. The zero-order valence-electron chi connectivity index (χ0n) is 18.3. The fourth-order valence-corrected chi connectivity index (χ4v) is 3.97. The van der Waals surface area contributed by atoms with E-state index in [4.69, 9.17) is 4.74 Å². The summed E-state index contributed by atoms with van der Waals surface area (Å²) in [4.78, 5) is 0. The van der Waals surface area contributed by atoms with E-state index in [0.717, 1.165) is 22.3 Å². The first-order chi connectivity index (χ1) is 14.8. The van der Waals surface area contributed by atoms with E-state index in [-0.39, 0.29) is 18.3 Å². The molecule has 1 unspecified atom stereocenters. The van der Waals surface area contributed by atoms with Crippen LogP contribution in [0.2, 0.25) is 0 Å². The molecule has 4 nitrogen and oxygen atoms in total. The van der Waals surface area contributed by atoms with Crippen LogP contribution in [-0.4, -0.2) is 35.1 Å². The third-order valence-electron chi connectivity index (χ3n) is 5.18. The number of phenols is 1. The quantitative estimate of drug-likeness (QED) is 0.204. The SMILES string of the molecule is C=C(/C(=C/CO)C(O)CC/C(=C/c1cc(I)c(O)c(OC)c1)c1ccccc1)C(C)C. The summed E-state index contributed by atoms with van der Waals surface area (Å²) in [6, 6.07) is 13.7. The average Bonchev–Trinajstić information content (AvgIpc) is 2.76. The van der Waals surface area contributed by atoms with Gasteiger partial charge in [-0.3, -0.25) is 0 Å². The zero-order chi connectivity index (χ0) is 23.0. The van der Waals surface area contributed by atoms with Gasteiger partial charge in [-0.1, -0.05) is 62.9 Å². The number of aromatic hydroxyl groups is 1. The topological polar surface area (TPSA) is 69.9 Å². The molecule has 2 aromatic carbocycles. The number of aliphatic hydroxyl groups excluding tert-OH is 2. The molecular weight excluding hydrogens is 503 g/mol. The third kappa shape index (κ3) is 6.95. The Bertz CT molecular complexity index is 945. The van der Waals surface area contributed by atoms with Crippen molar-refractivity contribution in [2.24, 2.45) is 5.92 Å². The molecule has 2 aromatic rings. The summed E-state index contributed by atoms with van der Waals surface area (Å²) in [5, 5.41) is 30.4. The van der Waals surface area contributed by atoms with Crippen molar-refractivity contribution in [3.8, 4) is 11.5 Å². The molecule has 31 heavy (non-hydrogen) atoms. The van der Waals surface area contributed by atoms with Crippen LogP contribution in [0.15, 0.2) is 66.3 Å². The van der Waals surface area contributed by atoms with Crippen molar-refractivity contribution in [3.63, 3.8) is 0 Å². The van der Waals surface area contributed by atoms with Crippen LogP contribution in [0.5, 0.6) is 11.5 Å². The van der Waals surface area contributed by atoms with Crippen LogP contribution in [0, 0.1) is 9.49 Å². The van der Waals surface area contributed by atoms with Gasteiger partial charge in [-0.25, -0.2) is 0 Å². The lowest BCUT2D eigenvalue weighted by molar-refractivity contribution is 0.201. The van der Waals surface area contributed by atoms with E-state index in [9.17, 15) is 15.3 Å². The van der Waals surface area contributed by atoms with Crippen LogP contribution in [0.25, 0.3) is 11.6 Å². The van der Waals surface area contributed by atoms with E-state index in [1.807, 2.05) is 50.2 Å². The molecule has 0 amide bonds. The molecule has 0 aromatic heterocycles. The monoisotopic (exact) mass is 534 g/mol. The number of rotatable bonds is 10. The molecule has 0 heterocycles. The van der Waals surface area contributed by atoms with Gasteiger partial charge in [0.15, 0.2) is 11.5 Å². The van der Waals surface area contributed by atoms with Gasteiger partial charge in [-0.15, -0.1) is 0 Å². The van der Waals surface area contributed by atoms with Gasteiger partial charge in [-0.05, 0) is 81.3 Å². The summed E-state index contributed by atoms with van der Waals surface area (Å²) >= 11 is 2.08. The standard InChI is InChI=1S/C26H31IO4/c1-17(2)18(3)22(12-13-28)24(29)11-10-21(20-8-6-5-7-9-20)14-19-15-23(27)26(30)25(16-19)31-4/h5-9,12,14-17,24,28-30H,3,10-11,13H2,1-2,4H3/b21-14-,22-12-. The summed E-state index contributed by atoms with van der Waals surface area (Å²) < 4.78 is 6.00. The van der Waals surface area contributed by atoms with Gasteiger partial charge in [0.1, 0.15) is 0 Å². The number of allylic oxidation sites excluding steroid dienone is 1. The second kappa shape index (κ2) is 12.1. The second-order valence-corrected chi connectivity index (χ2v) is 8.83. The van der Waals surface area contributed by atoms with Gasteiger partial charge >= 0.3 is 0 Å². The summed E-state index contributed by atoms with van der Waals surface area (Å²) in [5.74, 6) is 0.734. The molecule has 0 saturated carbocycles. The van der Waals surface area contributed by atoms with E-state index in [1.54, 1.807) is 12.1 Å². The van der Waals surface area contributed by atoms with Crippen molar-refractivity contribution in [2.75, 3.05) is 13.7 Å². The lowest BCUT2D eigenvalue weighted by atomic mass is 9.89. The highest BCUT2D eigenvalue weighted by Crippen LogP contribution is 2.35. The van der Waals surface area contributed by atoms with E-state index in [2.05, 4.69) is 35.2 Å². The Morgan fingerprint density at radius 3 is 2.45 bits per heavy atom. The van der Waals surface area contributed by atoms with Crippen LogP contribution >= 0.6 is 22.6 Å². The molecule has 0 saturated heterocycles. The van der Waals surface area contributed by atoms with Crippen LogP contribution in [-0.2, 0) is 0 Å². The Kier molecular flexibility index (Phi) is 9.81. The second-order valence-electron chi connectivity index (χ2n) is 7.67. The molecule has 0 spiro atoms. The molecule has 0 aliphatic heterocycles. The van der Waals surface area contributed by atoms with Crippen molar-refractivity contribution >= 4 is 34.2 Å². The van der Waals surface area contributed by atoms with E-state index in [0.29, 0.717) is 27.7 Å². The van der Waals surface area contributed by atoms with Crippen LogP contribution in [0.4, 0.5) is 0 Å². The Balaban J connectivity index is 2.36. The fraction of sp³-hybridized carbons (Fsp3) is 0.308. The highest BCUT2D eigenvalue weighted by molar-refractivity contribution is 14.1. The summed E-state index contributed by atoms with van der Waals surface area (Å²) in [5.41, 5.74) is 4.56. The first-order valence-electron chi connectivity index (χ1n) is 10.3. The highest BCUT2D eigenvalue weighted by atomic mass is 127. The lowest BCUT2D eigenvalue weighted by Gasteiger charge is -2.21. The molecule has 0 radical (unpaired) electrons. The first-order valence-corrected chi connectivity index (χ1v) is 11.4. The van der Waals surface area contributed by atoms with Crippen LogP contribution in [0.1, 0.15) is 37.8 Å². The summed E-state index contributed by atoms with van der Waals surface area (Å²) in [6.45, 7) is 8.00. The van der Waals surface area contributed by atoms with E-state index >= 15 is 0 Å². The Hall–Kier alpha value is -2.09. The molecule has 0 aliphatic carbocycles. The average molecular weight is 534 g/mol.